The molecule has 0 radical (unpaired) electrons. The van der Waals surface area contributed by atoms with Crippen LogP contribution in [-0.4, -0.2) is 23.3 Å². The van der Waals surface area contributed by atoms with Gasteiger partial charge in [0, 0.05) is 4.90 Å². The topological polar surface area (TPSA) is 49.3 Å². The van der Waals surface area contributed by atoms with Crippen LogP contribution in [0.3, 0.4) is 0 Å². The van der Waals surface area contributed by atoms with Crippen molar-refractivity contribution in [3.05, 3.63) is 52.7 Å². The average molecular weight is 307 g/mol. The number of thiophene rings is 1. The van der Waals surface area contributed by atoms with E-state index in [-0.39, 0.29) is 12.5 Å². The quantitative estimate of drug-likeness (QED) is 0.807. The van der Waals surface area contributed by atoms with Gasteiger partial charge in [-0.25, -0.2) is 0 Å². The second kappa shape index (κ2) is 6.92. The van der Waals surface area contributed by atoms with E-state index in [9.17, 15) is 9.90 Å². The summed E-state index contributed by atoms with van der Waals surface area (Å²) in [5.41, 5.74) is -0.189. The third-order valence-electron chi connectivity index (χ3n) is 2.89. The minimum absolute atomic E-state index is 0.0747. The number of carbonyl (C=O) groups excluding carboxylic acids is 1. The maximum Gasteiger partial charge on any atom is 0.230 e. The molecule has 2 aromatic rings. The molecule has 0 bridgehead atoms. The van der Waals surface area contributed by atoms with Crippen molar-refractivity contribution in [2.45, 2.75) is 17.4 Å². The summed E-state index contributed by atoms with van der Waals surface area (Å²) in [5, 5.41) is 16.9. The van der Waals surface area contributed by atoms with Crippen LogP contribution >= 0.6 is 23.1 Å². The summed E-state index contributed by atoms with van der Waals surface area (Å²) < 4.78 is 0. The molecule has 1 aromatic heterocycles. The summed E-state index contributed by atoms with van der Waals surface area (Å²) in [4.78, 5) is 12.9. The number of carbonyl (C=O) groups is 1. The molecule has 20 heavy (non-hydrogen) atoms. The van der Waals surface area contributed by atoms with E-state index >= 15 is 0 Å². The van der Waals surface area contributed by atoms with Crippen LogP contribution in [0.5, 0.6) is 0 Å². The fourth-order valence-electron chi connectivity index (χ4n) is 1.66. The molecule has 0 fully saturated rings. The SMILES string of the molecule is CC(O)(CNC(=O)CSc1ccccc1)c1ccsc1. The summed E-state index contributed by atoms with van der Waals surface area (Å²) in [6.07, 6.45) is 0. The average Bonchev–Trinajstić information content (AvgIpc) is 2.99. The molecule has 1 atom stereocenters. The van der Waals surface area contributed by atoms with Crippen LogP contribution in [0.15, 0.2) is 52.1 Å². The van der Waals surface area contributed by atoms with E-state index in [2.05, 4.69) is 5.32 Å². The van der Waals surface area contributed by atoms with E-state index in [0.29, 0.717) is 5.75 Å². The summed E-state index contributed by atoms with van der Waals surface area (Å²) in [6, 6.07) is 11.7. The van der Waals surface area contributed by atoms with Gasteiger partial charge in [-0.3, -0.25) is 4.79 Å². The van der Waals surface area contributed by atoms with Gasteiger partial charge >= 0.3 is 0 Å². The van der Waals surface area contributed by atoms with Crippen LogP contribution in [0.25, 0.3) is 0 Å². The molecule has 0 aliphatic carbocycles. The van der Waals surface area contributed by atoms with Gasteiger partial charge in [-0.1, -0.05) is 18.2 Å². The first-order chi connectivity index (χ1) is 9.58. The van der Waals surface area contributed by atoms with Gasteiger partial charge in [0.1, 0.15) is 5.60 Å². The molecule has 0 spiro atoms. The zero-order chi connectivity index (χ0) is 14.4. The molecule has 0 aliphatic heterocycles. The Morgan fingerprint density at radius 1 is 1.35 bits per heavy atom. The molecule has 0 saturated heterocycles. The Bertz CT molecular complexity index is 538. The van der Waals surface area contributed by atoms with Gasteiger partial charge in [0.25, 0.3) is 0 Å². The van der Waals surface area contributed by atoms with Gasteiger partial charge in [0.15, 0.2) is 0 Å². The molecule has 3 nitrogen and oxygen atoms in total. The number of benzene rings is 1. The minimum atomic E-state index is -1.02. The van der Waals surface area contributed by atoms with Gasteiger partial charge in [0.2, 0.25) is 5.91 Å². The first-order valence-corrected chi connectivity index (χ1v) is 8.20. The van der Waals surface area contributed by atoms with Crippen LogP contribution in [0.4, 0.5) is 0 Å². The standard InChI is InChI=1S/C15H17NO2S2/c1-15(18,12-7-8-19-9-12)11-16-14(17)10-20-13-5-3-2-4-6-13/h2-9,18H,10-11H2,1H3,(H,16,17). The highest BCUT2D eigenvalue weighted by atomic mass is 32.2. The van der Waals surface area contributed by atoms with E-state index < -0.39 is 5.60 Å². The number of amides is 1. The van der Waals surface area contributed by atoms with Gasteiger partial charge in [-0.2, -0.15) is 11.3 Å². The van der Waals surface area contributed by atoms with E-state index in [4.69, 9.17) is 0 Å². The van der Waals surface area contributed by atoms with Crippen molar-refractivity contribution in [2.75, 3.05) is 12.3 Å². The molecule has 2 N–H and O–H groups in total. The summed E-state index contributed by atoms with van der Waals surface area (Å²) in [6.45, 7) is 1.93. The van der Waals surface area contributed by atoms with Crippen molar-refractivity contribution in [1.29, 1.82) is 0 Å². The zero-order valence-corrected chi connectivity index (χ0v) is 12.8. The Morgan fingerprint density at radius 3 is 2.75 bits per heavy atom. The van der Waals surface area contributed by atoms with Crippen molar-refractivity contribution in [2.24, 2.45) is 0 Å². The number of aliphatic hydroxyl groups is 1. The zero-order valence-electron chi connectivity index (χ0n) is 11.2. The maximum absolute atomic E-state index is 11.8. The molecule has 0 saturated carbocycles. The fourth-order valence-corrected chi connectivity index (χ4v) is 3.19. The monoisotopic (exact) mass is 307 g/mol. The lowest BCUT2D eigenvalue weighted by Crippen LogP contribution is -2.39. The highest BCUT2D eigenvalue weighted by Crippen LogP contribution is 2.22. The van der Waals surface area contributed by atoms with Crippen LogP contribution in [0.2, 0.25) is 0 Å². The molecule has 1 aromatic carbocycles. The predicted octanol–water partition coefficient (Wildman–Crippen LogP) is 2.86. The molecular weight excluding hydrogens is 290 g/mol. The lowest BCUT2D eigenvalue weighted by atomic mass is 9.99. The Morgan fingerprint density at radius 2 is 2.10 bits per heavy atom. The van der Waals surface area contributed by atoms with Gasteiger partial charge in [-0.15, -0.1) is 11.8 Å². The Labute approximate surface area is 127 Å². The summed E-state index contributed by atoms with van der Waals surface area (Å²) >= 11 is 3.02. The molecule has 1 unspecified atom stereocenters. The third kappa shape index (κ3) is 4.37. The number of hydrogen-bond acceptors (Lipinski definition) is 4. The van der Waals surface area contributed by atoms with Gasteiger partial charge in [-0.05, 0) is 41.4 Å². The molecule has 5 heteroatoms. The first kappa shape index (κ1) is 15.1. The molecule has 0 aliphatic rings. The van der Waals surface area contributed by atoms with Crippen molar-refractivity contribution in [1.82, 2.24) is 5.32 Å². The summed E-state index contributed by atoms with van der Waals surface area (Å²) in [7, 11) is 0. The van der Waals surface area contributed by atoms with Crippen molar-refractivity contribution >= 4 is 29.0 Å². The van der Waals surface area contributed by atoms with Crippen molar-refractivity contribution in [3.8, 4) is 0 Å². The minimum Gasteiger partial charge on any atom is -0.384 e. The second-order valence-electron chi connectivity index (χ2n) is 4.66. The van der Waals surface area contributed by atoms with E-state index in [1.165, 1.54) is 23.1 Å². The van der Waals surface area contributed by atoms with Crippen molar-refractivity contribution < 1.29 is 9.90 Å². The predicted molar refractivity (Wildman–Crippen MR) is 84.1 cm³/mol. The number of nitrogens with one attached hydrogen (secondary N) is 1. The maximum atomic E-state index is 11.8. The van der Waals surface area contributed by atoms with E-state index in [1.54, 1.807) is 6.92 Å². The lowest BCUT2D eigenvalue weighted by molar-refractivity contribution is -0.119. The second-order valence-corrected chi connectivity index (χ2v) is 6.49. The fraction of sp³-hybridized carbons (Fsp3) is 0.267. The highest BCUT2D eigenvalue weighted by molar-refractivity contribution is 8.00. The van der Waals surface area contributed by atoms with Crippen LogP contribution in [0.1, 0.15) is 12.5 Å². The van der Waals surface area contributed by atoms with E-state index in [1.807, 2.05) is 47.2 Å². The molecule has 1 amide bonds. The van der Waals surface area contributed by atoms with E-state index in [0.717, 1.165) is 10.5 Å². The van der Waals surface area contributed by atoms with Crippen LogP contribution < -0.4 is 5.32 Å². The number of rotatable bonds is 6. The number of hydrogen-bond donors (Lipinski definition) is 2. The van der Waals surface area contributed by atoms with Crippen LogP contribution in [-0.2, 0) is 10.4 Å². The molecule has 2 rings (SSSR count). The van der Waals surface area contributed by atoms with Gasteiger partial charge in [0.05, 0.1) is 12.3 Å². The molecule has 1 heterocycles. The third-order valence-corrected chi connectivity index (χ3v) is 4.58. The van der Waals surface area contributed by atoms with Gasteiger partial charge < -0.3 is 10.4 Å². The Kier molecular flexibility index (Phi) is 5.23. The lowest BCUT2D eigenvalue weighted by Gasteiger charge is -2.22. The highest BCUT2D eigenvalue weighted by Gasteiger charge is 2.24. The normalized spacial score (nSPS) is 13.7. The summed E-state index contributed by atoms with van der Waals surface area (Å²) in [5.74, 6) is 0.276. The molecular formula is C15H17NO2S2. The van der Waals surface area contributed by atoms with Crippen LogP contribution in [0, 0.1) is 0 Å². The Balaban J connectivity index is 1.78. The first-order valence-electron chi connectivity index (χ1n) is 6.27. The number of thioether (sulfide) groups is 1. The Hall–Kier alpha value is -1.30. The van der Waals surface area contributed by atoms with Crippen molar-refractivity contribution in [3.63, 3.8) is 0 Å². The molecule has 106 valence electrons. The largest absolute Gasteiger partial charge is 0.384 e. The smallest absolute Gasteiger partial charge is 0.230 e.